The van der Waals surface area contributed by atoms with Gasteiger partial charge in [-0.3, -0.25) is 0 Å². The first-order chi connectivity index (χ1) is 8.25. The molecular weight excluding hydrogens is 232 g/mol. The van der Waals surface area contributed by atoms with E-state index in [2.05, 4.69) is 5.32 Å². The Morgan fingerprint density at radius 2 is 1.61 bits per heavy atom. The Kier molecular flexibility index (Phi) is 3.15. The second-order valence-corrected chi connectivity index (χ2v) is 5.61. The van der Waals surface area contributed by atoms with E-state index >= 15 is 0 Å². The average Bonchev–Trinajstić information content (AvgIpc) is 2.47. The van der Waals surface area contributed by atoms with Gasteiger partial charge in [0.15, 0.2) is 0 Å². The van der Waals surface area contributed by atoms with Crippen LogP contribution in [0.15, 0.2) is 18.2 Å². The fourth-order valence-electron chi connectivity index (χ4n) is 1.87. The van der Waals surface area contributed by atoms with Gasteiger partial charge in [0.1, 0.15) is 5.82 Å². The van der Waals surface area contributed by atoms with Gasteiger partial charge in [0.05, 0.1) is 11.2 Å². The first-order valence-electron chi connectivity index (χ1n) is 6.09. The van der Waals surface area contributed by atoms with E-state index in [0.717, 1.165) is 0 Å². The summed E-state index contributed by atoms with van der Waals surface area (Å²) in [6.45, 7) is 7.91. The lowest BCUT2D eigenvalue weighted by molar-refractivity contribution is 0.00578. The predicted molar refractivity (Wildman–Crippen MR) is 71.7 cm³/mol. The molecule has 1 N–H and O–H groups in total. The van der Waals surface area contributed by atoms with E-state index in [9.17, 15) is 4.39 Å². The topological polar surface area (TPSA) is 30.5 Å². The lowest BCUT2D eigenvalue weighted by Crippen LogP contribution is -2.41. The molecule has 0 bridgehead atoms. The minimum Gasteiger partial charge on any atom is -0.399 e. The van der Waals surface area contributed by atoms with E-state index in [1.165, 1.54) is 12.1 Å². The smallest absolute Gasteiger partial charge is 0.399 e. The van der Waals surface area contributed by atoms with Gasteiger partial charge in [-0.25, -0.2) is 4.39 Å². The minimum atomic E-state index is -0.530. The van der Waals surface area contributed by atoms with Crippen LogP contribution in [0.1, 0.15) is 27.7 Å². The molecule has 1 aliphatic rings. The summed E-state index contributed by atoms with van der Waals surface area (Å²) in [5, 5.41) is 2.92. The van der Waals surface area contributed by atoms with Crippen LogP contribution in [0.5, 0.6) is 0 Å². The van der Waals surface area contributed by atoms with Crippen molar-refractivity contribution in [3.8, 4) is 0 Å². The van der Waals surface area contributed by atoms with Gasteiger partial charge in [-0.05, 0) is 51.4 Å². The molecule has 1 aliphatic heterocycles. The zero-order valence-electron chi connectivity index (χ0n) is 11.5. The number of rotatable bonds is 2. The number of halogens is 1. The van der Waals surface area contributed by atoms with E-state index < -0.39 is 18.3 Å². The summed E-state index contributed by atoms with van der Waals surface area (Å²) in [5.74, 6) is -0.299. The van der Waals surface area contributed by atoms with Crippen molar-refractivity contribution in [1.82, 2.24) is 0 Å². The minimum absolute atomic E-state index is 0.299. The number of benzene rings is 1. The van der Waals surface area contributed by atoms with Crippen LogP contribution in [0.3, 0.4) is 0 Å². The summed E-state index contributed by atoms with van der Waals surface area (Å²) in [5.41, 5.74) is 0.575. The van der Waals surface area contributed by atoms with Crippen molar-refractivity contribution >= 4 is 18.3 Å². The van der Waals surface area contributed by atoms with Crippen molar-refractivity contribution in [1.29, 1.82) is 0 Å². The molecule has 18 heavy (non-hydrogen) atoms. The Hall–Kier alpha value is -1.07. The van der Waals surface area contributed by atoms with Crippen LogP contribution in [0.4, 0.5) is 10.1 Å². The Bertz CT molecular complexity index is 446. The number of hydrogen-bond acceptors (Lipinski definition) is 3. The lowest BCUT2D eigenvalue weighted by atomic mass is 9.79. The summed E-state index contributed by atoms with van der Waals surface area (Å²) in [7, 11) is 1.22. The normalized spacial score (nSPS) is 21.1. The fraction of sp³-hybridized carbons (Fsp3) is 0.538. The summed E-state index contributed by atoms with van der Waals surface area (Å²) in [4.78, 5) is 0. The highest BCUT2D eigenvalue weighted by Crippen LogP contribution is 2.36. The molecule has 1 aromatic rings. The van der Waals surface area contributed by atoms with Crippen molar-refractivity contribution in [3.63, 3.8) is 0 Å². The number of nitrogens with one attached hydrogen (secondary N) is 1. The molecule has 5 heteroatoms. The molecule has 0 unspecified atom stereocenters. The molecule has 0 atom stereocenters. The Morgan fingerprint density at radius 1 is 1.06 bits per heavy atom. The fourth-order valence-corrected chi connectivity index (χ4v) is 1.87. The van der Waals surface area contributed by atoms with E-state index in [0.29, 0.717) is 11.2 Å². The Labute approximate surface area is 108 Å². The van der Waals surface area contributed by atoms with Crippen molar-refractivity contribution in [3.05, 3.63) is 24.0 Å². The van der Waals surface area contributed by atoms with E-state index in [1.54, 1.807) is 7.05 Å². The maximum atomic E-state index is 13.5. The molecular formula is C13H19BFNO2. The van der Waals surface area contributed by atoms with Gasteiger partial charge in [0.25, 0.3) is 0 Å². The molecule has 98 valence electrons. The molecule has 1 heterocycles. The zero-order chi connectivity index (χ0) is 13.6. The monoisotopic (exact) mass is 251 g/mol. The zero-order valence-corrected chi connectivity index (χ0v) is 11.5. The SMILES string of the molecule is CNc1cc(F)cc(B2OC(C)(C)C(C)(C)O2)c1. The van der Waals surface area contributed by atoms with Crippen LogP contribution in [-0.4, -0.2) is 25.4 Å². The van der Waals surface area contributed by atoms with Gasteiger partial charge in [-0.15, -0.1) is 0 Å². The third-order valence-electron chi connectivity index (χ3n) is 3.73. The summed E-state index contributed by atoms with van der Waals surface area (Å²) in [6.07, 6.45) is 0. The third kappa shape index (κ3) is 2.25. The van der Waals surface area contributed by atoms with Crippen LogP contribution in [0.2, 0.25) is 0 Å². The van der Waals surface area contributed by atoms with Crippen molar-refractivity contribution < 1.29 is 13.7 Å². The van der Waals surface area contributed by atoms with Gasteiger partial charge in [-0.2, -0.15) is 0 Å². The molecule has 0 radical (unpaired) electrons. The van der Waals surface area contributed by atoms with Crippen LogP contribution < -0.4 is 10.8 Å². The quantitative estimate of drug-likeness (QED) is 0.817. The van der Waals surface area contributed by atoms with E-state index in [-0.39, 0.29) is 5.82 Å². The third-order valence-corrected chi connectivity index (χ3v) is 3.73. The summed E-state index contributed by atoms with van der Waals surface area (Å²) in [6, 6.07) is 4.73. The molecule has 0 spiro atoms. The van der Waals surface area contributed by atoms with Gasteiger partial charge >= 0.3 is 7.12 Å². The highest BCUT2D eigenvalue weighted by Gasteiger charge is 2.51. The molecule has 0 aromatic heterocycles. The number of anilines is 1. The standard InChI is InChI=1S/C13H19BFNO2/c1-12(2)13(3,4)18-14(17-12)9-6-10(15)8-11(7-9)16-5/h6-8,16H,1-5H3. The van der Waals surface area contributed by atoms with Crippen LogP contribution in [0.25, 0.3) is 0 Å². The first-order valence-corrected chi connectivity index (χ1v) is 6.09. The average molecular weight is 251 g/mol. The second kappa shape index (κ2) is 4.25. The second-order valence-electron chi connectivity index (χ2n) is 5.61. The molecule has 0 saturated carbocycles. The van der Waals surface area contributed by atoms with E-state index in [1.807, 2.05) is 33.8 Å². The van der Waals surface area contributed by atoms with Gasteiger partial charge in [-0.1, -0.05) is 0 Å². The number of hydrogen-bond donors (Lipinski definition) is 1. The van der Waals surface area contributed by atoms with Gasteiger partial charge in [0.2, 0.25) is 0 Å². The Balaban J connectivity index is 2.32. The van der Waals surface area contributed by atoms with Crippen LogP contribution in [-0.2, 0) is 9.31 Å². The largest absolute Gasteiger partial charge is 0.495 e. The molecule has 1 fully saturated rings. The van der Waals surface area contributed by atoms with Crippen LogP contribution in [0, 0.1) is 5.82 Å². The maximum absolute atomic E-state index is 13.5. The van der Waals surface area contributed by atoms with Gasteiger partial charge in [0, 0.05) is 12.7 Å². The van der Waals surface area contributed by atoms with Crippen LogP contribution >= 0.6 is 0 Å². The molecule has 1 aromatic carbocycles. The molecule has 0 aliphatic carbocycles. The van der Waals surface area contributed by atoms with Gasteiger partial charge < -0.3 is 14.6 Å². The highest BCUT2D eigenvalue weighted by molar-refractivity contribution is 6.62. The van der Waals surface area contributed by atoms with Crippen molar-refractivity contribution in [2.75, 3.05) is 12.4 Å². The van der Waals surface area contributed by atoms with Crippen molar-refractivity contribution in [2.45, 2.75) is 38.9 Å². The maximum Gasteiger partial charge on any atom is 0.495 e. The Morgan fingerprint density at radius 3 is 2.11 bits per heavy atom. The molecule has 3 nitrogen and oxygen atoms in total. The first kappa shape index (κ1) is 13.4. The summed E-state index contributed by atoms with van der Waals surface area (Å²) < 4.78 is 25.3. The molecule has 0 amide bonds. The molecule has 2 rings (SSSR count). The predicted octanol–water partition coefficient (Wildman–Crippen LogP) is 2.17. The molecule has 1 saturated heterocycles. The van der Waals surface area contributed by atoms with Crippen molar-refractivity contribution in [2.24, 2.45) is 0 Å². The van der Waals surface area contributed by atoms with E-state index in [4.69, 9.17) is 9.31 Å². The highest BCUT2D eigenvalue weighted by atomic mass is 19.1. The summed E-state index contributed by atoms with van der Waals surface area (Å²) >= 11 is 0. The lowest BCUT2D eigenvalue weighted by Gasteiger charge is -2.32.